The average Bonchev–Trinajstić information content (AvgIpc) is 3.36. The van der Waals surface area contributed by atoms with Gasteiger partial charge >= 0.3 is 0 Å². The zero-order valence-corrected chi connectivity index (χ0v) is 14.3. The molecule has 0 saturated carbocycles. The predicted octanol–water partition coefficient (Wildman–Crippen LogP) is 3.04. The molecule has 1 aliphatic heterocycles. The molecule has 1 fully saturated rings. The quantitative estimate of drug-likeness (QED) is 0.732. The number of benzene rings is 1. The van der Waals surface area contributed by atoms with Gasteiger partial charge in [-0.3, -0.25) is 0 Å². The van der Waals surface area contributed by atoms with Gasteiger partial charge in [-0.1, -0.05) is 34.1 Å². The van der Waals surface area contributed by atoms with Crippen molar-refractivity contribution >= 4 is 11.6 Å². The molecule has 4 rings (SSSR count). The first-order chi connectivity index (χ1) is 12.6. The van der Waals surface area contributed by atoms with E-state index in [0.717, 1.165) is 12.1 Å². The molecule has 0 bridgehead atoms. The number of aromatic nitrogens is 5. The molecule has 26 heavy (non-hydrogen) atoms. The molecular formula is C16H15ClF2N6O. The summed E-state index contributed by atoms with van der Waals surface area (Å²) in [5.41, 5.74) is 0.568. The lowest BCUT2D eigenvalue weighted by molar-refractivity contribution is 0.136. The van der Waals surface area contributed by atoms with Gasteiger partial charge in [-0.05, 0) is 30.7 Å². The number of hydrogen-bond acceptors (Lipinski definition) is 6. The topological polar surface area (TPSA) is 81.7 Å². The molecule has 10 heteroatoms. The van der Waals surface area contributed by atoms with Gasteiger partial charge in [-0.2, -0.15) is 4.98 Å². The van der Waals surface area contributed by atoms with E-state index in [1.54, 1.807) is 12.1 Å². The molecule has 3 aromatic rings. The van der Waals surface area contributed by atoms with Gasteiger partial charge in [0, 0.05) is 18.0 Å². The second kappa shape index (κ2) is 7.08. The van der Waals surface area contributed by atoms with Crippen LogP contribution in [0.1, 0.15) is 36.0 Å². The number of nitrogens with one attached hydrogen (secondary N) is 1. The molecule has 1 aromatic carbocycles. The minimum absolute atomic E-state index is 0.0542. The van der Waals surface area contributed by atoms with Crippen molar-refractivity contribution in [2.45, 2.75) is 25.3 Å². The summed E-state index contributed by atoms with van der Waals surface area (Å²) >= 11 is 5.86. The Bertz CT molecular complexity index is 889. The van der Waals surface area contributed by atoms with Crippen molar-refractivity contribution in [3.05, 3.63) is 46.4 Å². The number of alkyl halides is 2. The van der Waals surface area contributed by atoms with Gasteiger partial charge in [0.1, 0.15) is 5.69 Å². The van der Waals surface area contributed by atoms with Gasteiger partial charge in [0.2, 0.25) is 0 Å². The van der Waals surface area contributed by atoms with Crippen molar-refractivity contribution in [1.82, 2.24) is 30.5 Å². The molecule has 0 spiro atoms. The molecule has 1 saturated heterocycles. The minimum Gasteiger partial charge on any atom is -0.332 e. The van der Waals surface area contributed by atoms with E-state index in [9.17, 15) is 8.78 Å². The van der Waals surface area contributed by atoms with Crippen LogP contribution in [0.2, 0.25) is 5.02 Å². The monoisotopic (exact) mass is 380 g/mol. The van der Waals surface area contributed by atoms with Crippen LogP contribution in [0.3, 0.4) is 0 Å². The maximum atomic E-state index is 13.6. The second-order valence-electron chi connectivity index (χ2n) is 6.03. The molecule has 2 aromatic heterocycles. The molecule has 7 nitrogen and oxygen atoms in total. The van der Waals surface area contributed by atoms with E-state index in [-0.39, 0.29) is 23.3 Å². The highest BCUT2D eigenvalue weighted by Crippen LogP contribution is 2.31. The van der Waals surface area contributed by atoms with Gasteiger partial charge in [-0.15, -0.1) is 5.10 Å². The highest BCUT2D eigenvalue weighted by molar-refractivity contribution is 6.30. The van der Waals surface area contributed by atoms with E-state index in [1.165, 1.54) is 4.68 Å². The van der Waals surface area contributed by atoms with Crippen LogP contribution in [0.15, 0.2) is 28.8 Å². The van der Waals surface area contributed by atoms with Crippen LogP contribution in [0.25, 0.3) is 11.6 Å². The number of hydrogen-bond donors (Lipinski definition) is 1. The Morgan fingerprint density at radius 3 is 2.81 bits per heavy atom. The Morgan fingerprint density at radius 2 is 2.12 bits per heavy atom. The van der Waals surface area contributed by atoms with Crippen molar-refractivity contribution in [3.8, 4) is 11.6 Å². The Hall–Kier alpha value is -2.39. The maximum Gasteiger partial charge on any atom is 0.282 e. The Balaban J connectivity index is 1.61. The van der Waals surface area contributed by atoms with E-state index in [4.69, 9.17) is 16.1 Å². The zero-order chi connectivity index (χ0) is 18.1. The minimum atomic E-state index is -2.74. The van der Waals surface area contributed by atoms with E-state index in [2.05, 4.69) is 25.8 Å². The van der Waals surface area contributed by atoms with Crippen LogP contribution in [0, 0.1) is 0 Å². The fourth-order valence-electron chi connectivity index (χ4n) is 2.98. The Morgan fingerprint density at radius 1 is 1.31 bits per heavy atom. The fraction of sp³-hybridized carbons (Fsp3) is 0.375. The van der Waals surface area contributed by atoms with Crippen molar-refractivity contribution < 1.29 is 13.3 Å². The Kier molecular flexibility index (Phi) is 4.64. The van der Waals surface area contributed by atoms with Crippen LogP contribution < -0.4 is 5.32 Å². The van der Waals surface area contributed by atoms with Gasteiger partial charge in [0.25, 0.3) is 12.3 Å². The standard InChI is InChI=1S/C16H15ClF2N6O/c17-10-3-1-9(2-4-10)7-12-21-16(26-23-12)13-14(15(18)19)25(24-22-13)11-5-6-20-8-11/h1-4,11,15,20H,5-8H2. The molecule has 3 heterocycles. The molecular weight excluding hydrogens is 366 g/mol. The first-order valence-corrected chi connectivity index (χ1v) is 8.51. The van der Waals surface area contributed by atoms with Crippen molar-refractivity contribution in [2.75, 3.05) is 13.1 Å². The normalized spacial score (nSPS) is 17.3. The summed E-state index contributed by atoms with van der Waals surface area (Å²) in [7, 11) is 0. The largest absolute Gasteiger partial charge is 0.332 e. The van der Waals surface area contributed by atoms with E-state index in [1.807, 2.05) is 12.1 Å². The zero-order valence-electron chi connectivity index (χ0n) is 13.6. The van der Waals surface area contributed by atoms with Crippen LogP contribution in [-0.2, 0) is 6.42 Å². The smallest absolute Gasteiger partial charge is 0.282 e. The summed E-state index contributed by atoms with van der Waals surface area (Å²) in [6.45, 7) is 1.34. The summed E-state index contributed by atoms with van der Waals surface area (Å²) in [6, 6.07) is 7.04. The van der Waals surface area contributed by atoms with Gasteiger partial charge < -0.3 is 9.84 Å². The van der Waals surface area contributed by atoms with E-state index >= 15 is 0 Å². The van der Waals surface area contributed by atoms with Crippen LogP contribution in [0.5, 0.6) is 0 Å². The number of nitrogens with zero attached hydrogens (tertiary/aromatic N) is 5. The lowest BCUT2D eigenvalue weighted by atomic mass is 10.1. The van der Waals surface area contributed by atoms with Crippen molar-refractivity contribution in [1.29, 1.82) is 0 Å². The van der Waals surface area contributed by atoms with Crippen LogP contribution >= 0.6 is 11.6 Å². The summed E-state index contributed by atoms with van der Waals surface area (Å²) < 4.78 is 33.7. The van der Waals surface area contributed by atoms with Gasteiger partial charge in [0.15, 0.2) is 11.5 Å². The second-order valence-corrected chi connectivity index (χ2v) is 6.47. The van der Waals surface area contributed by atoms with Gasteiger partial charge in [-0.25, -0.2) is 13.5 Å². The van der Waals surface area contributed by atoms with E-state index < -0.39 is 6.43 Å². The molecule has 1 unspecified atom stereocenters. The molecule has 1 atom stereocenters. The molecule has 1 N–H and O–H groups in total. The average molecular weight is 381 g/mol. The number of rotatable bonds is 5. The third-order valence-corrected chi connectivity index (χ3v) is 4.52. The fourth-order valence-corrected chi connectivity index (χ4v) is 3.11. The number of halogens is 3. The molecule has 0 aliphatic carbocycles. The first kappa shape index (κ1) is 17.0. The van der Waals surface area contributed by atoms with Gasteiger partial charge in [0.05, 0.1) is 6.04 Å². The predicted molar refractivity (Wildman–Crippen MR) is 89.1 cm³/mol. The first-order valence-electron chi connectivity index (χ1n) is 8.13. The molecule has 0 radical (unpaired) electrons. The lowest BCUT2D eigenvalue weighted by Crippen LogP contribution is -2.17. The van der Waals surface area contributed by atoms with Crippen molar-refractivity contribution in [2.24, 2.45) is 0 Å². The maximum absolute atomic E-state index is 13.6. The third kappa shape index (κ3) is 3.32. The van der Waals surface area contributed by atoms with Crippen LogP contribution in [0.4, 0.5) is 8.78 Å². The third-order valence-electron chi connectivity index (χ3n) is 4.26. The molecule has 1 aliphatic rings. The molecule has 0 amide bonds. The SMILES string of the molecule is FC(F)c1c(-c2nc(Cc3ccc(Cl)cc3)no2)nnn1C1CCNC1. The highest BCUT2D eigenvalue weighted by Gasteiger charge is 2.31. The van der Waals surface area contributed by atoms with Crippen LogP contribution in [-0.4, -0.2) is 38.2 Å². The Labute approximate surface area is 152 Å². The highest BCUT2D eigenvalue weighted by atomic mass is 35.5. The lowest BCUT2D eigenvalue weighted by Gasteiger charge is -2.11. The van der Waals surface area contributed by atoms with E-state index in [0.29, 0.717) is 30.2 Å². The summed E-state index contributed by atoms with van der Waals surface area (Å²) in [4.78, 5) is 4.21. The summed E-state index contributed by atoms with van der Waals surface area (Å²) in [6.07, 6.45) is -1.63. The van der Waals surface area contributed by atoms with Crippen molar-refractivity contribution in [3.63, 3.8) is 0 Å². The molecule has 136 valence electrons. The summed E-state index contributed by atoms with van der Waals surface area (Å²) in [5, 5.41) is 15.4. The summed E-state index contributed by atoms with van der Waals surface area (Å²) in [5.74, 6) is 0.320.